The van der Waals surface area contributed by atoms with Crippen LogP contribution in [0.25, 0.3) is 0 Å². The fourth-order valence-corrected chi connectivity index (χ4v) is 3.58. The number of para-hydroxylation sites is 2. The standard InChI is InChI=1S/C28H33N3O5/c32-25-12-6-4-10-22(25)16-29-18-24(19-30-17-23-11-5-7-13-26(23)33)31-27(34)14-15-28(35)36-20-21-8-2-1-3-9-21/h1-13,24,29-30,32-33H,14-20H2,(H,31,34). The summed E-state index contributed by atoms with van der Waals surface area (Å²) in [6.07, 6.45) is 0.00505. The Kier molecular flexibility index (Phi) is 10.8. The van der Waals surface area contributed by atoms with Gasteiger partial charge >= 0.3 is 5.97 Å². The molecular weight excluding hydrogens is 458 g/mol. The van der Waals surface area contributed by atoms with Crippen molar-refractivity contribution in [1.82, 2.24) is 16.0 Å². The average molecular weight is 492 g/mol. The number of phenols is 2. The molecule has 3 aromatic carbocycles. The smallest absolute Gasteiger partial charge is 0.306 e. The summed E-state index contributed by atoms with van der Waals surface area (Å²) in [6, 6.07) is 23.2. The van der Waals surface area contributed by atoms with E-state index in [2.05, 4.69) is 16.0 Å². The lowest BCUT2D eigenvalue weighted by Crippen LogP contribution is -2.47. The highest BCUT2D eigenvalue weighted by molar-refractivity contribution is 5.81. The fraction of sp³-hybridized carbons (Fsp3) is 0.286. The van der Waals surface area contributed by atoms with Crippen LogP contribution in [0.5, 0.6) is 11.5 Å². The SMILES string of the molecule is O=C(CCC(=O)OCc1ccccc1)NC(CNCc1ccccc1O)CNCc1ccccc1O. The molecule has 3 aromatic rings. The quantitative estimate of drug-likeness (QED) is 0.220. The second-order valence-electron chi connectivity index (χ2n) is 8.43. The summed E-state index contributed by atoms with van der Waals surface area (Å²) in [7, 11) is 0. The molecule has 5 N–H and O–H groups in total. The molecule has 0 unspecified atom stereocenters. The van der Waals surface area contributed by atoms with E-state index < -0.39 is 5.97 Å². The molecule has 3 rings (SSSR count). The van der Waals surface area contributed by atoms with Crippen LogP contribution >= 0.6 is 0 Å². The fourth-order valence-electron chi connectivity index (χ4n) is 3.58. The van der Waals surface area contributed by atoms with E-state index in [0.29, 0.717) is 26.2 Å². The Hall–Kier alpha value is -3.88. The van der Waals surface area contributed by atoms with E-state index in [1.807, 2.05) is 54.6 Å². The number of nitrogens with one attached hydrogen (secondary N) is 3. The summed E-state index contributed by atoms with van der Waals surface area (Å²) >= 11 is 0. The molecule has 0 saturated carbocycles. The van der Waals surface area contributed by atoms with Gasteiger partial charge in [-0.25, -0.2) is 0 Å². The first-order valence-electron chi connectivity index (χ1n) is 12.0. The molecule has 0 saturated heterocycles. The lowest BCUT2D eigenvalue weighted by atomic mass is 10.1. The van der Waals surface area contributed by atoms with Gasteiger partial charge < -0.3 is 30.9 Å². The van der Waals surface area contributed by atoms with Gasteiger partial charge in [-0.1, -0.05) is 66.7 Å². The number of esters is 1. The van der Waals surface area contributed by atoms with Gasteiger partial charge in [0.25, 0.3) is 0 Å². The molecule has 1 amide bonds. The predicted molar refractivity (Wildman–Crippen MR) is 137 cm³/mol. The van der Waals surface area contributed by atoms with Crippen LogP contribution < -0.4 is 16.0 Å². The van der Waals surface area contributed by atoms with Gasteiger partial charge in [-0.15, -0.1) is 0 Å². The van der Waals surface area contributed by atoms with Gasteiger partial charge in [0.15, 0.2) is 0 Å². The van der Waals surface area contributed by atoms with Crippen LogP contribution in [0, 0.1) is 0 Å². The van der Waals surface area contributed by atoms with Gasteiger partial charge in [-0.3, -0.25) is 9.59 Å². The van der Waals surface area contributed by atoms with Crippen LogP contribution in [-0.4, -0.2) is 41.2 Å². The summed E-state index contributed by atoms with van der Waals surface area (Å²) in [5.74, 6) is -0.277. The van der Waals surface area contributed by atoms with Crippen molar-refractivity contribution in [3.05, 3.63) is 95.6 Å². The highest BCUT2D eigenvalue weighted by Crippen LogP contribution is 2.15. The first-order chi connectivity index (χ1) is 17.5. The Morgan fingerprint density at radius 3 is 1.81 bits per heavy atom. The molecule has 0 aliphatic carbocycles. The minimum atomic E-state index is -0.430. The van der Waals surface area contributed by atoms with Gasteiger partial charge in [0.2, 0.25) is 5.91 Å². The van der Waals surface area contributed by atoms with Crippen molar-refractivity contribution in [2.24, 2.45) is 0 Å². The third-order valence-electron chi connectivity index (χ3n) is 5.56. The summed E-state index contributed by atoms with van der Waals surface area (Å²) in [5, 5.41) is 29.4. The number of aromatic hydroxyl groups is 2. The zero-order valence-corrected chi connectivity index (χ0v) is 20.2. The molecular formula is C28H33N3O5. The number of phenolic OH excluding ortho intramolecular Hbond substituents is 2. The van der Waals surface area contributed by atoms with Crippen LogP contribution in [-0.2, 0) is 34.0 Å². The number of hydrogen-bond acceptors (Lipinski definition) is 7. The number of rotatable bonds is 14. The second kappa shape index (κ2) is 14.5. The summed E-state index contributed by atoms with van der Waals surface area (Å²) in [5.41, 5.74) is 2.40. The first-order valence-corrected chi connectivity index (χ1v) is 12.0. The minimum Gasteiger partial charge on any atom is -0.508 e. The molecule has 0 fully saturated rings. The molecule has 0 heterocycles. The Morgan fingerprint density at radius 1 is 0.722 bits per heavy atom. The third kappa shape index (κ3) is 9.40. The van der Waals surface area contributed by atoms with Gasteiger partial charge in [0.05, 0.1) is 12.5 Å². The van der Waals surface area contributed by atoms with Crippen molar-refractivity contribution in [3.8, 4) is 11.5 Å². The van der Waals surface area contributed by atoms with E-state index >= 15 is 0 Å². The molecule has 0 radical (unpaired) electrons. The lowest BCUT2D eigenvalue weighted by molar-refractivity contribution is -0.146. The van der Waals surface area contributed by atoms with E-state index in [-0.39, 0.29) is 42.9 Å². The maximum Gasteiger partial charge on any atom is 0.306 e. The monoisotopic (exact) mass is 491 g/mol. The molecule has 8 heteroatoms. The largest absolute Gasteiger partial charge is 0.508 e. The Bertz CT molecular complexity index is 1060. The number of ether oxygens (including phenoxy) is 1. The molecule has 0 spiro atoms. The lowest BCUT2D eigenvalue weighted by Gasteiger charge is -2.20. The molecule has 190 valence electrons. The van der Waals surface area contributed by atoms with Crippen molar-refractivity contribution in [3.63, 3.8) is 0 Å². The van der Waals surface area contributed by atoms with Crippen molar-refractivity contribution in [1.29, 1.82) is 0 Å². The Labute approximate surface area is 211 Å². The summed E-state index contributed by atoms with van der Waals surface area (Å²) in [6.45, 7) is 1.92. The van der Waals surface area contributed by atoms with Crippen LogP contribution in [0.15, 0.2) is 78.9 Å². The first kappa shape index (κ1) is 26.7. The maximum atomic E-state index is 12.6. The van der Waals surface area contributed by atoms with Crippen molar-refractivity contribution >= 4 is 11.9 Å². The number of carbonyl (C=O) groups is 2. The molecule has 0 aromatic heterocycles. The summed E-state index contributed by atoms with van der Waals surface area (Å²) < 4.78 is 5.24. The van der Waals surface area contributed by atoms with Gasteiger partial charge in [0, 0.05) is 43.7 Å². The Morgan fingerprint density at radius 2 is 1.25 bits per heavy atom. The molecule has 36 heavy (non-hydrogen) atoms. The van der Waals surface area contributed by atoms with E-state index in [0.717, 1.165) is 16.7 Å². The summed E-state index contributed by atoms with van der Waals surface area (Å²) in [4.78, 5) is 24.6. The maximum absolute atomic E-state index is 12.6. The molecule has 8 nitrogen and oxygen atoms in total. The zero-order valence-electron chi connectivity index (χ0n) is 20.2. The van der Waals surface area contributed by atoms with Crippen molar-refractivity contribution < 1.29 is 24.5 Å². The van der Waals surface area contributed by atoms with Gasteiger partial charge in [-0.2, -0.15) is 0 Å². The highest BCUT2D eigenvalue weighted by atomic mass is 16.5. The normalized spacial score (nSPS) is 10.8. The van der Waals surface area contributed by atoms with Crippen molar-refractivity contribution in [2.45, 2.75) is 38.6 Å². The third-order valence-corrected chi connectivity index (χ3v) is 5.56. The van der Waals surface area contributed by atoms with Crippen molar-refractivity contribution in [2.75, 3.05) is 13.1 Å². The van der Waals surface area contributed by atoms with E-state index in [1.165, 1.54) is 0 Å². The zero-order chi connectivity index (χ0) is 25.6. The topological polar surface area (TPSA) is 120 Å². The van der Waals surface area contributed by atoms with E-state index in [4.69, 9.17) is 4.74 Å². The minimum absolute atomic E-state index is 0.0119. The van der Waals surface area contributed by atoms with E-state index in [9.17, 15) is 19.8 Å². The van der Waals surface area contributed by atoms with Crippen LogP contribution in [0.4, 0.5) is 0 Å². The number of carbonyl (C=O) groups excluding carboxylic acids is 2. The van der Waals surface area contributed by atoms with Crippen LogP contribution in [0.1, 0.15) is 29.5 Å². The number of hydrogen-bond donors (Lipinski definition) is 5. The molecule has 0 aliphatic heterocycles. The second-order valence-corrected chi connectivity index (χ2v) is 8.43. The molecule has 0 bridgehead atoms. The van der Waals surface area contributed by atoms with Crippen LogP contribution in [0.3, 0.4) is 0 Å². The van der Waals surface area contributed by atoms with Gasteiger partial charge in [-0.05, 0) is 17.7 Å². The molecule has 0 aliphatic rings. The number of benzene rings is 3. The van der Waals surface area contributed by atoms with E-state index in [1.54, 1.807) is 24.3 Å². The Balaban J connectivity index is 1.46. The highest BCUT2D eigenvalue weighted by Gasteiger charge is 2.15. The van der Waals surface area contributed by atoms with Gasteiger partial charge in [0.1, 0.15) is 18.1 Å². The number of amides is 1. The predicted octanol–water partition coefficient (Wildman–Crippen LogP) is 2.99. The molecule has 0 atom stereocenters. The van der Waals surface area contributed by atoms with Crippen LogP contribution in [0.2, 0.25) is 0 Å². The average Bonchev–Trinajstić information content (AvgIpc) is 2.89.